The first-order chi connectivity index (χ1) is 7.34. The highest BCUT2D eigenvalue weighted by Crippen LogP contribution is 2.14. The fourth-order valence-electron chi connectivity index (χ4n) is 2.69. The minimum atomic E-state index is 0.492. The SMILES string of the molecule is CN1CCCC(CNCC2CCCO2)C1. The smallest absolute Gasteiger partial charge is 0.0700 e. The summed E-state index contributed by atoms with van der Waals surface area (Å²) in [6.45, 7) is 5.74. The second-order valence-corrected chi connectivity index (χ2v) is 5.06. The quantitative estimate of drug-likeness (QED) is 0.755. The van der Waals surface area contributed by atoms with Crippen LogP contribution in [0.5, 0.6) is 0 Å². The molecule has 2 atom stereocenters. The van der Waals surface area contributed by atoms with Gasteiger partial charge in [-0.3, -0.25) is 0 Å². The van der Waals surface area contributed by atoms with E-state index in [4.69, 9.17) is 4.74 Å². The lowest BCUT2D eigenvalue weighted by Gasteiger charge is -2.30. The number of nitrogens with one attached hydrogen (secondary N) is 1. The van der Waals surface area contributed by atoms with E-state index in [-0.39, 0.29) is 0 Å². The van der Waals surface area contributed by atoms with Gasteiger partial charge in [0.25, 0.3) is 0 Å². The van der Waals surface area contributed by atoms with Gasteiger partial charge >= 0.3 is 0 Å². The molecular weight excluding hydrogens is 188 g/mol. The Hall–Kier alpha value is -0.120. The Morgan fingerprint density at radius 1 is 1.27 bits per heavy atom. The van der Waals surface area contributed by atoms with Gasteiger partial charge in [0.2, 0.25) is 0 Å². The lowest BCUT2D eigenvalue weighted by Crippen LogP contribution is -2.39. The zero-order chi connectivity index (χ0) is 10.5. The minimum Gasteiger partial charge on any atom is -0.377 e. The third kappa shape index (κ3) is 3.74. The van der Waals surface area contributed by atoms with Crippen LogP contribution >= 0.6 is 0 Å². The fraction of sp³-hybridized carbons (Fsp3) is 1.00. The summed E-state index contributed by atoms with van der Waals surface area (Å²) in [4.78, 5) is 2.45. The van der Waals surface area contributed by atoms with Gasteiger partial charge < -0.3 is 15.0 Å². The summed E-state index contributed by atoms with van der Waals surface area (Å²) in [6.07, 6.45) is 5.74. The highest BCUT2D eigenvalue weighted by Gasteiger charge is 2.18. The van der Waals surface area contributed by atoms with Gasteiger partial charge in [0.05, 0.1) is 6.10 Å². The van der Waals surface area contributed by atoms with E-state index >= 15 is 0 Å². The van der Waals surface area contributed by atoms with E-state index < -0.39 is 0 Å². The van der Waals surface area contributed by atoms with E-state index in [0.29, 0.717) is 6.10 Å². The first-order valence-corrected chi connectivity index (χ1v) is 6.35. The van der Waals surface area contributed by atoms with E-state index in [9.17, 15) is 0 Å². The Kier molecular flexibility index (Phi) is 4.42. The monoisotopic (exact) mass is 212 g/mol. The lowest BCUT2D eigenvalue weighted by atomic mass is 9.98. The highest BCUT2D eigenvalue weighted by molar-refractivity contribution is 4.74. The van der Waals surface area contributed by atoms with Crippen molar-refractivity contribution < 1.29 is 4.74 Å². The number of likely N-dealkylation sites (tertiary alicyclic amines) is 1. The summed E-state index contributed by atoms with van der Waals surface area (Å²) in [5, 5.41) is 3.57. The average Bonchev–Trinajstić information content (AvgIpc) is 2.71. The Balaban J connectivity index is 1.56. The standard InChI is InChI=1S/C12H24N2O/c1-14-6-2-4-11(10-14)8-13-9-12-5-3-7-15-12/h11-13H,2-10H2,1H3. The predicted molar refractivity (Wildman–Crippen MR) is 62.1 cm³/mol. The summed E-state index contributed by atoms with van der Waals surface area (Å²) < 4.78 is 5.59. The second kappa shape index (κ2) is 5.83. The number of rotatable bonds is 4. The van der Waals surface area contributed by atoms with Crippen LogP contribution in [-0.2, 0) is 4.74 Å². The summed E-state index contributed by atoms with van der Waals surface area (Å²) >= 11 is 0. The molecule has 2 fully saturated rings. The van der Waals surface area contributed by atoms with Crippen LogP contribution in [0.3, 0.4) is 0 Å². The maximum absolute atomic E-state index is 5.59. The van der Waals surface area contributed by atoms with Crippen molar-refractivity contribution in [1.29, 1.82) is 0 Å². The second-order valence-electron chi connectivity index (χ2n) is 5.06. The molecule has 0 aromatic carbocycles. The maximum Gasteiger partial charge on any atom is 0.0700 e. The van der Waals surface area contributed by atoms with Crippen molar-refractivity contribution in [3.63, 3.8) is 0 Å². The van der Waals surface area contributed by atoms with Crippen molar-refractivity contribution >= 4 is 0 Å². The molecule has 88 valence electrons. The molecular formula is C12H24N2O. The van der Waals surface area contributed by atoms with Gasteiger partial charge in [0.15, 0.2) is 0 Å². The van der Waals surface area contributed by atoms with Crippen LogP contribution < -0.4 is 5.32 Å². The number of hydrogen-bond acceptors (Lipinski definition) is 3. The Bertz CT molecular complexity index is 180. The molecule has 2 saturated heterocycles. The van der Waals surface area contributed by atoms with Crippen LogP contribution in [0, 0.1) is 5.92 Å². The van der Waals surface area contributed by atoms with Gasteiger partial charge in [-0.25, -0.2) is 0 Å². The van der Waals surface area contributed by atoms with Gasteiger partial charge in [-0.05, 0) is 51.7 Å². The van der Waals surface area contributed by atoms with Crippen molar-refractivity contribution in [2.75, 3.05) is 39.8 Å². The molecule has 2 heterocycles. The highest BCUT2D eigenvalue weighted by atomic mass is 16.5. The number of ether oxygens (including phenoxy) is 1. The van der Waals surface area contributed by atoms with E-state index in [1.165, 1.54) is 45.3 Å². The van der Waals surface area contributed by atoms with E-state index in [1.54, 1.807) is 0 Å². The molecule has 3 heteroatoms. The zero-order valence-corrected chi connectivity index (χ0v) is 9.87. The summed E-state index contributed by atoms with van der Waals surface area (Å²) in [7, 11) is 2.23. The van der Waals surface area contributed by atoms with Gasteiger partial charge in [-0.1, -0.05) is 0 Å². The molecule has 2 aliphatic rings. The minimum absolute atomic E-state index is 0.492. The molecule has 0 aromatic heterocycles. The molecule has 15 heavy (non-hydrogen) atoms. The number of piperidine rings is 1. The topological polar surface area (TPSA) is 24.5 Å². The van der Waals surface area contributed by atoms with Crippen LogP contribution in [0.25, 0.3) is 0 Å². The molecule has 2 rings (SSSR count). The predicted octanol–water partition coefficient (Wildman–Crippen LogP) is 1.10. The normalized spacial score (nSPS) is 33.4. The molecule has 3 nitrogen and oxygen atoms in total. The van der Waals surface area contributed by atoms with E-state index in [1.807, 2.05) is 0 Å². The van der Waals surface area contributed by atoms with Crippen molar-refractivity contribution in [3.8, 4) is 0 Å². The fourth-order valence-corrected chi connectivity index (χ4v) is 2.69. The summed E-state index contributed by atoms with van der Waals surface area (Å²) in [6, 6.07) is 0. The molecule has 0 saturated carbocycles. The van der Waals surface area contributed by atoms with E-state index in [2.05, 4.69) is 17.3 Å². The van der Waals surface area contributed by atoms with Crippen molar-refractivity contribution in [3.05, 3.63) is 0 Å². The molecule has 1 N–H and O–H groups in total. The first kappa shape index (κ1) is 11.4. The summed E-state index contributed by atoms with van der Waals surface area (Å²) in [5.41, 5.74) is 0. The van der Waals surface area contributed by atoms with E-state index in [0.717, 1.165) is 19.1 Å². The number of hydrogen-bond donors (Lipinski definition) is 1. The Morgan fingerprint density at radius 3 is 2.93 bits per heavy atom. The molecule has 0 amide bonds. The molecule has 2 aliphatic heterocycles. The third-order valence-electron chi connectivity index (χ3n) is 3.55. The van der Waals surface area contributed by atoms with Crippen LogP contribution in [-0.4, -0.2) is 50.8 Å². The molecule has 0 spiro atoms. The van der Waals surface area contributed by atoms with Gasteiger partial charge in [-0.2, -0.15) is 0 Å². The van der Waals surface area contributed by atoms with Crippen LogP contribution in [0.4, 0.5) is 0 Å². The van der Waals surface area contributed by atoms with Gasteiger partial charge in [0, 0.05) is 19.7 Å². The van der Waals surface area contributed by atoms with Crippen molar-refractivity contribution in [2.24, 2.45) is 5.92 Å². The zero-order valence-electron chi connectivity index (χ0n) is 9.87. The van der Waals surface area contributed by atoms with Crippen LogP contribution in [0.1, 0.15) is 25.7 Å². The van der Waals surface area contributed by atoms with Crippen LogP contribution in [0.15, 0.2) is 0 Å². The van der Waals surface area contributed by atoms with Gasteiger partial charge in [0.1, 0.15) is 0 Å². The molecule has 0 bridgehead atoms. The Morgan fingerprint density at radius 2 is 2.20 bits per heavy atom. The lowest BCUT2D eigenvalue weighted by molar-refractivity contribution is 0.107. The first-order valence-electron chi connectivity index (χ1n) is 6.35. The molecule has 0 aromatic rings. The average molecular weight is 212 g/mol. The van der Waals surface area contributed by atoms with Gasteiger partial charge in [-0.15, -0.1) is 0 Å². The third-order valence-corrected chi connectivity index (χ3v) is 3.55. The van der Waals surface area contributed by atoms with Crippen molar-refractivity contribution in [1.82, 2.24) is 10.2 Å². The number of nitrogens with zero attached hydrogens (tertiary/aromatic N) is 1. The largest absolute Gasteiger partial charge is 0.377 e. The molecule has 2 unspecified atom stereocenters. The Labute approximate surface area is 93.2 Å². The van der Waals surface area contributed by atoms with Crippen LogP contribution in [0.2, 0.25) is 0 Å². The maximum atomic E-state index is 5.59. The molecule has 0 radical (unpaired) electrons. The van der Waals surface area contributed by atoms with Crippen molar-refractivity contribution in [2.45, 2.75) is 31.8 Å². The summed E-state index contributed by atoms with van der Waals surface area (Å²) in [5.74, 6) is 0.852. The molecule has 0 aliphatic carbocycles.